The van der Waals surface area contributed by atoms with Crippen LogP contribution in [0.1, 0.15) is 47.8 Å². The van der Waals surface area contributed by atoms with Crippen LogP contribution in [0.2, 0.25) is 0 Å². The van der Waals surface area contributed by atoms with Gasteiger partial charge in [0.2, 0.25) is 18.1 Å². The third-order valence-electron chi connectivity index (χ3n) is 11.3. The third kappa shape index (κ3) is 4.25. The first-order valence-electron chi connectivity index (χ1n) is 16.8. The number of phenolic OH excluding ortho intramolecular Hbond substituents is 1. The van der Waals surface area contributed by atoms with E-state index in [-0.39, 0.29) is 29.9 Å². The summed E-state index contributed by atoms with van der Waals surface area (Å²) in [6.07, 6.45) is 0.504. The summed E-state index contributed by atoms with van der Waals surface area (Å²) in [5, 5.41) is 35.7. The summed E-state index contributed by atoms with van der Waals surface area (Å²) >= 11 is 4.78. The number of aliphatic hydroxyl groups is 2. The zero-order chi connectivity index (χ0) is 35.4. The molecule has 0 saturated carbocycles. The number of H-pyrrole nitrogens is 1. The molecule has 5 aromatic rings. The van der Waals surface area contributed by atoms with E-state index in [1.165, 1.54) is 0 Å². The first kappa shape index (κ1) is 32.6. The second kappa shape index (κ2) is 11.2. The molecule has 1 amide bonds. The highest BCUT2D eigenvalue weighted by Gasteiger charge is 2.54. The maximum absolute atomic E-state index is 14.2. The summed E-state index contributed by atoms with van der Waals surface area (Å²) in [6, 6.07) is 16.9. The van der Waals surface area contributed by atoms with Gasteiger partial charge in [-0.3, -0.25) is 4.79 Å². The molecule has 0 radical (unpaired) electrons. The molecule has 3 aliphatic heterocycles. The molecule has 3 unspecified atom stereocenters. The lowest BCUT2D eigenvalue weighted by atomic mass is 9.70. The van der Waals surface area contributed by atoms with Crippen LogP contribution in [0, 0.1) is 19.8 Å². The number of nitrogens with zero attached hydrogens (tertiary/aromatic N) is 3. The van der Waals surface area contributed by atoms with Crippen LogP contribution in [0.25, 0.3) is 39.1 Å². The molecule has 50 heavy (non-hydrogen) atoms. The molecule has 10 nitrogen and oxygen atoms in total. The highest BCUT2D eigenvalue weighted by Crippen LogP contribution is 2.56. The topological polar surface area (TPSA) is 135 Å². The molecule has 4 atom stereocenters. The third-order valence-corrected chi connectivity index (χ3v) is 11.7. The number of aromatic hydroxyl groups is 1. The Kier molecular flexibility index (Phi) is 7.28. The van der Waals surface area contributed by atoms with E-state index in [9.17, 15) is 20.1 Å². The van der Waals surface area contributed by atoms with E-state index in [2.05, 4.69) is 4.98 Å². The van der Waals surface area contributed by atoms with E-state index in [1.54, 1.807) is 41.1 Å². The van der Waals surface area contributed by atoms with Crippen molar-refractivity contribution in [1.29, 1.82) is 0 Å². The second-order valence-electron chi connectivity index (χ2n) is 14.1. The number of fused-ring (bicyclic) bond motifs is 7. The fraction of sp³-hybridized carbons (Fsp3) is 0.316. The predicted octanol–water partition coefficient (Wildman–Crippen LogP) is 4.67. The lowest BCUT2D eigenvalue weighted by Crippen LogP contribution is -2.65. The molecular weight excluding hydrogens is 651 g/mol. The Balaban J connectivity index is 1.60. The standard InChI is InChI=1S/C38H39BN4O6S/c1-18(2)38(39)42(5)35(46)29(50)15-21-12-13-28(45)25(14-21)37-16-27(43(38)17-44)34-41-20(4)32(48-34)30-19(3)40-26-11-7-8-22(31(26)30)23-9-6-10-24(37)33(23)49-36(37)47/h6-14,16,18,29,36,40,44-45,47,50H,15,17,39H2,1-5H3/b27-16+/t29?,36?,37?,38-/m1/s1. The van der Waals surface area contributed by atoms with Crippen molar-refractivity contribution in [3.63, 3.8) is 0 Å². The SMILES string of the molecule is B[C@]1(C(C)C)N(C)C(=O)C(S)Cc2ccc(O)c(c2)C23/C=C(\c4nc(C)c(o4)-c4c(C)[nH]c5cccc(c45)-c4cccc2c4OC3O)N1CO. The lowest BCUT2D eigenvalue weighted by Gasteiger charge is -2.52. The first-order valence-corrected chi connectivity index (χ1v) is 17.3. The van der Waals surface area contributed by atoms with Crippen LogP contribution < -0.4 is 4.74 Å². The number of ether oxygens (including phenoxy) is 1. The Hall–Kier alpha value is -4.65. The number of nitrogens with one attached hydrogen (secondary N) is 1. The molecule has 3 aliphatic rings. The molecule has 0 aliphatic carbocycles. The highest BCUT2D eigenvalue weighted by atomic mass is 32.1. The molecule has 9 bridgehead atoms. The smallest absolute Gasteiger partial charge is 0.243 e. The number of amides is 1. The van der Waals surface area contributed by atoms with E-state index in [0.717, 1.165) is 38.9 Å². The van der Waals surface area contributed by atoms with E-state index >= 15 is 0 Å². The number of oxazole rings is 1. The maximum atomic E-state index is 14.2. The molecule has 0 saturated heterocycles. The summed E-state index contributed by atoms with van der Waals surface area (Å²) in [5.41, 5.74) is 4.16. The molecule has 0 fully saturated rings. The molecule has 256 valence electrons. The van der Waals surface area contributed by atoms with Crippen molar-refractivity contribution in [1.82, 2.24) is 19.8 Å². The number of para-hydroxylation sites is 1. The number of thiol groups is 1. The number of rotatable bonds is 2. The van der Waals surface area contributed by atoms with Crippen molar-refractivity contribution < 1.29 is 29.3 Å². The normalized spacial score (nSPS) is 25.4. The van der Waals surface area contributed by atoms with Gasteiger partial charge in [0.05, 0.1) is 16.5 Å². The van der Waals surface area contributed by atoms with Gasteiger partial charge >= 0.3 is 0 Å². The average Bonchev–Trinajstić information content (AvgIpc) is 3.73. The van der Waals surface area contributed by atoms with Crippen molar-refractivity contribution >= 4 is 43.0 Å². The fourth-order valence-corrected chi connectivity index (χ4v) is 8.67. The zero-order valence-electron chi connectivity index (χ0n) is 28.8. The predicted molar refractivity (Wildman–Crippen MR) is 196 cm³/mol. The summed E-state index contributed by atoms with van der Waals surface area (Å²) in [5.74, 6) is 0.610. The number of phenols is 1. The van der Waals surface area contributed by atoms with Gasteiger partial charge in [0, 0.05) is 45.9 Å². The molecule has 3 aromatic carbocycles. The first-order chi connectivity index (χ1) is 23.8. The van der Waals surface area contributed by atoms with Gasteiger partial charge in [-0.25, -0.2) is 4.98 Å². The molecule has 12 heteroatoms. The van der Waals surface area contributed by atoms with Crippen LogP contribution in [-0.4, -0.2) is 79.7 Å². The van der Waals surface area contributed by atoms with Crippen molar-refractivity contribution in [2.75, 3.05) is 13.8 Å². The van der Waals surface area contributed by atoms with Crippen LogP contribution in [0.4, 0.5) is 0 Å². The highest BCUT2D eigenvalue weighted by molar-refractivity contribution is 7.81. The van der Waals surface area contributed by atoms with Gasteiger partial charge in [-0.1, -0.05) is 56.3 Å². The number of benzene rings is 3. The Morgan fingerprint density at radius 1 is 1.12 bits per heavy atom. The van der Waals surface area contributed by atoms with Crippen LogP contribution in [0.5, 0.6) is 11.5 Å². The van der Waals surface area contributed by atoms with Gasteiger partial charge in [0.15, 0.2) is 13.6 Å². The number of aryl methyl sites for hydroxylation is 2. The molecule has 1 spiro atoms. The summed E-state index contributed by atoms with van der Waals surface area (Å²) < 4.78 is 13.3. The number of carbonyl (C=O) groups is 1. The van der Waals surface area contributed by atoms with Crippen LogP contribution >= 0.6 is 12.6 Å². The number of carbonyl (C=O) groups excluding carboxylic acids is 1. The Bertz CT molecular complexity index is 2260. The minimum atomic E-state index is -1.54. The number of hydrogen-bond acceptors (Lipinski definition) is 9. The second-order valence-corrected chi connectivity index (χ2v) is 14.7. The number of aromatic amines is 1. The van der Waals surface area contributed by atoms with Gasteiger partial charge in [0.1, 0.15) is 29.3 Å². The lowest BCUT2D eigenvalue weighted by molar-refractivity contribution is -0.140. The molecular formula is C38H39BN4O6S. The molecule has 8 rings (SSSR count). The number of aromatic nitrogens is 2. The van der Waals surface area contributed by atoms with E-state index < -0.39 is 29.2 Å². The van der Waals surface area contributed by atoms with Gasteiger partial charge in [0.25, 0.3) is 0 Å². The number of aliphatic hydroxyl groups excluding tert-OH is 2. The van der Waals surface area contributed by atoms with Crippen molar-refractivity contribution in [3.8, 4) is 33.9 Å². The summed E-state index contributed by atoms with van der Waals surface area (Å²) in [6.45, 7) is 7.27. The zero-order valence-corrected chi connectivity index (χ0v) is 29.7. The van der Waals surface area contributed by atoms with E-state index in [4.69, 9.17) is 26.8 Å². The number of hydrogen-bond donors (Lipinski definition) is 5. The summed E-state index contributed by atoms with van der Waals surface area (Å²) in [4.78, 5) is 26.0. The van der Waals surface area contributed by atoms with Crippen molar-refractivity contribution in [2.24, 2.45) is 5.92 Å². The largest absolute Gasteiger partial charge is 0.508 e. The molecule has 4 N–H and O–H groups in total. The quantitative estimate of drug-likeness (QED) is 0.133. The van der Waals surface area contributed by atoms with Crippen LogP contribution in [0.3, 0.4) is 0 Å². The van der Waals surface area contributed by atoms with E-state index in [0.29, 0.717) is 34.0 Å². The van der Waals surface area contributed by atoms with Crippen molar-refractivity contribution in [2.45, 2.75) is 56.6 Å². The Morgan fingerprint density at radius 2 is 1.86 bits per heavy atom. The average molecular weight is 691 g/mol. The van der Waals surface area contributed by atoms with Gasteiger partial charge in [-0.2, -0.15) is 12.6 Å². The van der Waals surface area contributed by atoms with Crippen LogP contribution in [-0.2, 0) is 16.6 Å². The Labute approximate surface area is 296 Å². The maximum Gasteiger partial charge on any atom is 0.243 e. The minimum absolute atomic E-state index is 0.0781. The summed E-state index contributed by atoms with van der Waals surface area (Å²) in [7, 11) is 3.60. The van der Waals surface area contributed by atoms with Crippen LogP contribution in [0.15, 0.2) is 65.1 Å². The van der Waals surface area contributed by atoms with Gasteiger partial charge in [-0.05, 0) is 55.5 Å². The fourth-order valence-electron chi connectivity index (χ4n) is 8.28. The minimum Gasteiger partial charge on any atom is -0.508 e. The van der Waals surface area contributed by atoms with Gasteiger partial charge in [-0.15, -0.1) is 0 Å². The monoisotopic (exact) mass is 690 g/mol. The molecule has 5 heterocycles. The van der Waals surface area contributed by atoms with E-state index in [1.807, 2.05) is 71.9 Å². The molecule has 2 aromatic heterocycles. The van der Waals surface area contributed by atoms with Crippen molar-refractivity contribution in [3.05, 3.63) is 94.6 Å². The Morgan fingerprint density at radius 3 is 2.60 bits per heavy atom. The van der Waals surface area contributed by atoms with Gasteiger partial charge < -0.3 is 39.3 Å².